The monoisotopic (exact) mass is 390 g/mol. The molecule has 2 aromatic heterocycles. The maximum absolute atomic E-state index is 12.3. The Morgan fingerprint density at radius 3 is 2.78 bits per heavy atom. The molecule has 1 unspecified atom stereocenters. The molecule has 0 fully saturated rings. The van der Waals surface area contributed by atoms with E-state index in [1.807, 2.05) is 43.7 Å². The van der Waals surface area contributed by atoms with Gasteiger partial charge in [-0.2, -0.15) is 0 Å². The van der Waals surface area contributed by atoms with Gasteiger partial charge in [-0.15, -0.1) is 0 Å². The summed E-state index contributed by atoms with van der Waals surface area (Å²) in [6.45, 7) is 6.46. The van der Waals surface area contributed by atoms with Gasteiger partial charge in [-0.05, 0) is 51.0 Å². The zero-order chi connectivity index (χ0) is 19.8. The molecule has 0 aliphatic carbocycles. The minimum Gasteiger partial charge on any atom is -0.465 e. The lowest BCUT2D eigenvalue weighted by atomic mass is 10.0. The van der Waals surface area contributed by atoms with Crippen LogP contribution in [0, 0.1) is 0 Å². The van der Waals surface area contributed by atoms with E-state index in [1.165, 1.54) is 4.90 Å². The zero-order valence-corrected chi connectivity index (χ0v) is 16.3. The summed E-state index contributed by atoms with van der Waals surface area (Å²) in [5, 5.41) is 12.8. The van der Waals surface area contributed by atoms with Crippen molar-refractivity contribution >= 4 is 23.6 Å². The van der Waals surface area contributed by atoms with E-state index in [0.717, 1.165) is 11.1 Å². The summed E-state index contributed by atoms with van der Waals surface area (Å²) < 4.78 is 1.94. The van der Waals surface area contributed by atoms with Crippen molar-refractivity contribution in [2.45, 2.75) is 38.8 Å². The predicted octanol–water partition coefficient (Wildman–Crippen LogP) is 3.66. The number of carbonyl (C=O) groups excluding carboxylic acids is 1. The smallest absolute Gasteiger partial charge is 0.407 e. The van der Waals surface area contributed by atoms with Crippen LogP contribution in [0.5, 0.6) is 0 Å². The van der Waals surface area contributed by atoms with E-state index < -0.39 is 11.6 Å². The second-order valence-corrected chi connectivity index (χ2v) is 8.03. The first-order valence-corrected chi connectivity index (χ1v) is 9.17. The number of fused-ring (bicyclic) bond motifs is 1. The number of rotatable bonds is 4. The quantitative estimate of drug-likeness (QED) is 0.780. The number of hydrogen-bond donors (Lipinski definition) is 2. The van der Waals surface area contributed by atoms with E-state index in [0.29, 0.717) is 30.4 Å². The molecule has 27 heavy (non-hydrogen) atoms. The van der Waals surface area contributed by atoms with E-state index in [9.17, 15) is 14.7 Å². The molecule has 0 aromatic carbocycles. The van der Waals surface area contributed by atoms with Crippen molar-refractivity contribution in [3.8, 4) is 11.1 Å². The highest BCUT2D eigenvalue weighted by Crippen LogP contribution is 2.29. The molecule has 7 nitrogen and oxygen atoms in total. The third kappa shape index (κ3) is 4.08. The Balaban J connectivity index is 1.86. The van der Waals surface area contributed by atoms with Crippen LogP contribution in [0.4, 0.5) is 4.79 Å². The summed E-state index contributed by atoms with van der Waals surface area (Å²) in [5.41, 5.74) is 1.83. The number of halogens is 1. The van der Waals surface area contributed by atoms with Gasteiger partial charge in [0.15, 0.2) is 0 Å². The highest BCUT2D eigenvalue weighted by Gasteiger charge is 2.30. The van der Waals surface area contributed by atoms with Crippen molar-refractivity contribution in [1.82, 2.24) is 19.8 Å². The number of nitrogens with one attached hydrogen (secondary N) is 1. The minimum atomic E-state index is -0.942. The first kappa shape index (κ1) is 19.2. The topological polar surface area (TPSA) is 87.5 Å². The molecule has 3 heterocycles. The number of hydrogen-bond acceptors (Lipinski definition) is 3. The lowest BCUT2D eigenvalue weighted by Crippen LogP contribution is -2.47. The average molecular weight is 391 g/mol. The van der Waals surface area contributed by atoms with Crippen LogP contribution >= 0.6 is 11.6 Å². The van der Waals surface area contributed by atoms with Crippen LogP contribution in [0.3, 0.4) is 0 Å². The zero-order valence-electron chi connectivity index (χ0n) is 15.6. The first-order valence-electron chi connectivity index (χ1n) is 8.79. The molecule has 3 rings (SSSR count). The minimum absolute atomic E-state index is 0.0204. The highest BCUT2D eigenvalue weighted by molar-refractivity contribution is 6.29. The van der Waals surface area contributed by atoms with Crippen molar-refractivity contribution in [2.75, 3.05) is 13.1 Å². The first-order chi connectivity index (χ1) is 12.7. The standard InChI is InChI=1S/C19H23ClN4O3/c1-19(2,3)24(18(26)27)7-5-14-10-22-17(25)15-8-13(11-23(14)15)12-4-6-21-16(20)9-12/h4,6,8-9,11,14H,5,7,10H2,1-3H3,(H,22,25)(H,26,27). The van der Waals surface area contributed by atoms with E-state index in [1.54, 1.807) is 12.3 Å². The summed E-state index contributed by atoms with van der Waals surface area (Å²) in [6.07, 6.45) is 3.21. The molecule has 2 aromatic rings. The Morgan fingerprint density at radius 1 is 1.41 bits per heavy atom. The number of carboxylic acid groups (broad SMARTS) is 1. The van der Waals surface area contributed by atoms with Gasteiger partial charge in [0, 0.05) is 36.6 Å². The van der Waals surface area contributed by atoms with Gasteiger partial charge >= 0.3 is 6.09 Å². The van der Waals surface area contributed by atoms with Gasteiger partial charge in [0.2, 0.25) is 0 Å². The van der Waals surface area contributed by atoms with Crippen molar-refractivity contribution in [1.29, 1.82) is 0 Å². The SMILES string of the molecule is CC(C)(C)N(CCC1CNC(=O)c2cc(-c3ccnc(Cl)c3)cn21)C(=O)O. The molecular formula is C19H23ClN4O3. The maximum atomic E-state index is 12.3. The fourth-order valence-corrected chi connectivity index (χ4v) is 3.51. The summed E-state index contributed by atoms with van der Waals surface area (Å²) in [7, 11) is 0. The summed E-state index contributed by atoms with van der Waals surface area (Å²) >= 11 is 5.98. The molecule has 2 amide bonds. The number of pyridine rings is 1. The Labute approximate surface area is 163 Å². The second-order valence-electron chi connectivity index (χ2n) is 7.65. The van der Waals surface area contributed by atoms with Gasteiger partial charge in [-0.25, -0.2) is 9.78 Å². The predicted molar refractivity (Wildman–Crippen MR) is 103 cm³/mol. The second kappa shape index (κ2) is 7.23. The fraction of sp³-hybridized carbons (Fsp3) is 0.421. The molecule has 0 radical (unpaired) electrons. The number of carbonyl (C=O) groups is 2. The summed E-state index contributed by atoms with van der Waals surface area (Å²) in [4.78, 5) is 29.3. The van der Waals surface area contributed by atoms with Crippen LogP contribution in [0.25, 0.3) is 11.1 Å². The van der Waals surface area contributed by atoms with Gasteiger partial charge in [-0.1, -0.05) is 11.6 Å². The molecule has 2 N–H and O–H groups in total. The molecule has 8 heteroatoms. The molecule has 1 aliphatic heterocycles. The molecular weight excluding hydrogens is 368 g/mol. The molecule has 144 valence electrons. The van der Waals surface area contributed by atoms with E-state index in [2.05, 4.69) is 10.3 Å². The number of amides is 2. The molecule has 0 bridgehead atoms. The van der Waals surface area contributed by atoms with E-state index >= 15 is 0 Å². The highest BCUT2D eigenvalue weighted by atomic mass is 35.5. The van der Waals surface area contributed by atoms with Crippen molar-refractivity contribution < 1.29 is 14.7 Å². The Bertz CT molecular complexity index is 872. The molecule has 1 atom stereocenters. The third-order valence-electron chi connectivity index (χ3n) is 4.76. The van der Waals surface area contributed by atoms with E-state index in [-0.39, 0.29) is 11.9 Å². The van der Waals surface area contributed by atoms with Gasteiger partial charge in [-0.3, -0.25) is 4.79 Å². The van der Waals surface area contributed by atoms with Crippen LogP contribution in [0.2, 0.25) is 5.15 Å². The Hall–Kier alpha value is -2.54. The largest absolute Gasteiger partial charge is 0.465 e. The van der Waals surface area contributed by atoms with Crippen LogP contribution < -0.4 is 5.32 Å². The summed E-state index contributed by atoms with van der Waals surface area (Å²) in [6, 6.07) is 5.40. The van der Waals surface area contributed by atoms with Gasteiger partial charge < -0.3 is 19.9 Å². The molecule has 1 aliphatic rings. The van der Waals surface area contributed by atoms with Crippen molar-refractivity contribution in [3.05, 3.63) is 41.4 Å². The van der Waals surface area contributed by atoms with Crippen LogP contribution in [-0.4, -0.2) is 50.2 Å². The molecule has 0 saturated heterocycles. The van der Waals surface area contributed by atoms with Crippen LogP contribution in [-0.2, 0) is 0 Å². The maximum Gasteiger partial charge on any atom is 0.407 e. The van der Waals surface area contributed by atoms with E-state index in [4.69, 9.17) is 11.6 Å². The van der Waals surface area contributed by atoms with Gasteiger partial charge in [0.1, 0.15) is 10.8 Å². The van der Waals surface area contributed by atoms with Crippen LogP contribution in [0.1, 0.15) is 43.7 Å². The number of aromatic nitrogens is 2. The Kier molecular flexibility index (Phi) is 5.15. The molecule has 0 saturated carbocycles. The lowest BCUT2D eigenvalue weighted by Gasteiger charge is -2.35. The van der Waals surface area contributed by atoms with Crippen LogP contribution in [0.15, 0.2) is 30.6 Å². The van der Waals surface area contributed by atoms with Gasteiger partial charge in [0.05, 0.1) is 6.04 Å². The van der Waals surface area contributed by atoms with Crippen molar-refractivity contribution in [2.24, 2.45) is 0 Å². The normalized spacial score (nSPS) is 16.6. The molecule has 0 spiro atoms. The number of nitrogens with zero attached hydrogens (tertiary/aromatic N) is 3. The van der Waals surface area contributed by atoms with Gasteiger partial charge in [0.25, 0.3) is 5.91 Å². The third-order valence-corrected chi connectivity index (χ3v) is 4.97. The van der Waals surface area contributed by atoms with Crippen molar-refractivity contribution in [3.63, 3.8) is 0 Å². The lowest BCUT2D eigenvalue weighted by molar-refractivity contribution is 0.0867. The fourth-order valence-electron chi connectivity index (χ4n) is 3.34. The Morgan fingerprint density at radius 2 is 2.15 bits per heavy atom. The average Bonchev–Trinajstić information content (AvgIpc) is 3.02. The summed E-state index contributed by atoms with van der Waals surface area (Å²) in [5.74, 6) is -0.136.